The predicted octanol–water partition coefficient (Wildman–Crippen LogP) is 0.312. The van der Waals surface area contributed by atoms with Gasteiger partial charge in [-0.1, -0.05) is 6.07 Å². The molecule has 1 saturated heterocycles. The van der Waals surface area contributed by atoms with Crippen molar-refractivity contribution >= 4 is 5.91 Å². The highest BCUT2D eigenvalue weighted by Crippen LogP contribution is 2.29. The summed E-state index contributed by atoms with van der Waals surface area (Å²) in [5, 5.41) is 0. The molecule has 74 valence electrons. The number of carbonyl (C=O) groups excluding carboxylic acids is 1. The maximum atomic E-state index is 11.5. The van der Waals surface area contributed by atoms with Crippen LogP contribution in [0.2, 0.25) is 0 Å². The first-order valence-electron chi connectivity index (χ1n) is 4.62. The molecule has 1 aliphatic heterocycles. The molecule has 0 radical (unpaired) electrons. The van der Waals surface area contributed by atoms with Crippen molar-refractivity contribution in [3.05, 3.63) is 30.1 Å². The summed E-state index contributed by atoms with van der Waals surface area (Å²) in [6, 6.07) is 3.58. The van der Waals surface area contributed by atoms with E-state index in [4.69, 9.17) is 5.73 Å². The van der Waals surface area contributed by atoms with E-state index in [1.54, 1.807) is 24.3 Å². The van der Waals surface area contributed by atoms with Gasteiger partial charge in [-0.15, -0.1) is 0 Å². The summed E-state index contributed by atoms with van der Waals surface area (Å²) in [5.41, 5.74) is 6.74. The number of hydrogen-bond donors (Lipinski definition) is 1. The van der Waals surface area contributed by atoms with Gasteiger partial charge >= 0.3 is 0 Å². The summed E-state index contributed by atoms with van der Waals surface area (Å²) in [5.74, 6) is 0.0128. The van der Waals surface area contributed by atoms with Crippen molar-refractivity contribution < 1.29 is 4.79 Å². The van der Waals surface area contributed by atoms with Gasteiger partial charge in [-0.25, -0.2) is 0 Å². The quantitative estimate of drug-likeness (QED) is 0.695. The van der Waals surface area contributed by atoms with Crippen LogP contribution in [0.4, 0.5) is 0 Å². The number of nitrogens with two attached hydrogens (primary N) is 1. The first-order chi connectivity index (χ1) is 6.70. The Morgan fingerprint density at radius 3 is 2.93 bits per heavy atom. The SMILES string of the molecule is CN1C(=O)[C@@H](N)C[C@H]1c1cccnc1. The Kier molecular flexibility index (Phi) is 2.21. The van der Waals surface area contributed by atoms with Gasteiger partial charge in [0.2, 0.25) is 5.91 Å². The number of likely N-dealkylation sites (N-methyl/N-ethyl adjacent to an activating group) is 1. The monoisotopic (exact) mass is 191 g/mol. The third-order valence-electron chi connectivity index (χ3n) is 2.68. The van der Waals surface area contributed by atoms with E-state index in [-0.39, 0.29) is 18.0 Å². The average Bonchev–Trinajstić information content (AvgIpc) is 2.47. The van der Waals surface area contributed by atoms with E-state index in [1.807, 2.05) is 12.1 Å². The highest BCUT2D eigenvalue weighted by molar-refractivity contribution is 5.84. The van der Waals surface area contributed by atoms with Crippen LogP contribution in [0.15, 0.2) is 24.5 Å². The van der Waals surface area contributed by atoms with Crippen molar-refractivity contribution in [2.45, 2.75) is 18.5 Å². The highest BCUT2D eigenvalue weighted by atomic mass is 16.2. The Bertz CT molecular complexity index is 338. The summed E-state index contributed by atoms with van der Waals surface area (Å²) < 4.78 is 0. The summed E-state index contributed by atoms with van der Waals surface area (Å²) in [6.45, 7) is 0. The molecule has 2 rings (SSSR count). The maximum absolute atomic E-state index is 11.5. The Labute approximate surface area is 82.7 Å². The average molecular weight is 191 g/mol. The van der Waals surface area contributed by atoms with Gasteiger partial charge in [-0.3, -0.25) is 9.78 Å². The number of carbonyl (C=O) groups is 1. The lowest BCUT2D eigenvalue weighted by Crippen LogP contribution is -2.31. The van der Waals surface area contributed by atoms with Crippen molar-refractivity contribution in [2.24, 2.45) is 5.73 Å². The van der Waals surface area contributed by atoms with Crippen LogP contribution in [-0.2, 0) is 4.79 Å². The van der Waals surface area contributed by atoms with Gasteiger partial charge < -0.3 is 10.6 Å². The van der Waals surface area contributed by atoms with Crippen LogP contribution in [-0.4, -0.2) is 28.9 Å². The molecule has 0 aliphatic carbocycles. The maximum Gasteiger partial charge on any atom is 0.239 e. The molecule has 0 unspecified atom stereocenters. The molecular weight excluding hydrogens is 178 g/mol. The number of aromatic nitrogens is 1. The largest absolute Gasteiger partial charge is 0.337 e. The van der Waals surface area contributed by atoms with Crippen LogP contribution >= 0.6 is 0 Å². The van der Waals surface area contributed by atoms with Crippen LogP contribution in [0.25, 0.3) is 0 Å². The normalized spacial score (nSPS) is 27.0. The van der Waals surface area contributed by atoms with Gasteiger partial charge in [-0.05, 0) is 18.1 Å². The van der Waals surface area contributed by atoms with Crippen LogP contribution in [0.1, 0.15) is 18.0 Å². The highest BCUT2D eigenvalue weighted by Gasteiger charge is 2.35. The molecular formula is C10H13N3O. The molecule has 1 amide bonds. The molecule has 2 N–H and O–H groups in total. The fourth-order valence-corrected chi connectivity index (χ4v) is 1.85. The molecule has 1 aliphatic rings. The van der Waals surface area contributed by atoms with E-state index in [1.165, 1.54) is 0 Å². The fraction of sp³-hybridized carbons (Fsp3) is 0.400. The molecule has 2 heterocycles. The summed E-state index contributed by atoms with van der Waals surface area (Å²) in [7, 11) is 1.78. The van der Waals surface area contributed by atoms with Gasteiger partial charge in [0.15, 0.2) is 0 Å². The Hall–Kier alpha value is -1.42. The standard InChI is InChI=1S/C10H13N3O/c1-13-9(5-8(11)10(13)14)7-3-2-4-12-6-7/h2-4,6,8-9H,5,11H2,1H3/t8-,9-/m0/s1. The molecule has 1 aromatic heterocycles. The van der Waals surface area contributed by atoms with Gasteiger partial charge in [0.1, 0.15) is 0 Å². The van der Waals surface area contributed by atoms with E-state index < -0.39 is 0 Å². The Balaban J connectivity index is 2.26. The minimum atomic E-state index is -0.356. The topological polar surface area (TPSA) is 59.2 Å². The molecule has 4 nitrogen and oxygen atoms in total. The number of nitrogens with zero attached hydrogens (tertiary/aromatic N) is 2. The van der Waals surface area contributed by atoms with Gasteiger partial charge in [-0.2, -0.15) is 0 Å². The molecule has 1 aromatic rings. The van der Waals surface area contributed by atoms with Gasteiger partial charge in [0.25, 0.3) is 0 Å². The zero-order chi connectivity index (χ0) is 10.1. The number of rotatable bonds is 1. The second-order valence-corrected chi connectivity index (χ2v) is 3.59. The van der Waals surface area contributed by atoms with E-state index in [2.05, 4.69) is 4.98 Å². The van der Waals surface area contributed by atoms with Gasteiger partial charge in [0, 0.05) is 19.4 Å². The summed E-state index contributed by atoms with van der Waals surface area (Å²) in [4.78, 5) is 17.2. The smallest absolute Gasteiger partial charge is 0.239 e. The lowest BCUT2D eigenvalue weighted by molar-refractivity contribution is -0.128. The lowest BCUT2D eigenvalue weighted by Gasteiger charge is -2.19. The van der Waals surface area contributed by atoms with E-state index in [9.17, 15) is 4.79 Å². The van der Waals surface area contributed by atoms with E-state index in [0.717, 1.165) is 5.56 Å². The fourth-order valence-electron chi connectivity index (χ4n) is 1.85. The third kappa shape index (κ3) is 1.37. The molecule has 0 aromatic carbocycles. The molecule has 0 spiro atoms. The lowest BCUT2D eigenvalue weighted by atomic mass is 10.1. The number of likely N-dealkylation sites (tertiary alicyclic amines) is 1. The van der Waals surface area contributed by atoms with E-state index >= 15 is 0 Å². The number of hydrogen-bond acceptors (Lipinski definition) is 3. The van der Waals surface area contributed by atoms with Crippen molar-refractivity contribution in [1.29, 1.82) is 0 Å². The van der Waals surface area contributed by atoms with Gasteiger partial charge in [0.05, 0.1) is 12.1 Å². The third-order valence-corrected chi connectivity index (χ3v) is 2.68. The first kappa shape index (κ1) is 9.15. The van der Waals surface area contributed by atoms with Crippen molar-refractivity contribution in [3.8, 4) is 0 Å². The van der Waals surface area contributed by atoms with Crippen molar-refractivity contribution in [2.75, 3.05) is 7.05 Å². The number of amides is 1. The second-order valence-electron chi connectivity index (χ2n) is 3.59. The molecule has 4 heteroatoms. The van der Waals surface area contributed by atoms with Crippen molar-refractivity contribution in [3.63, 3.8) is 0 Å². The number of pyridine rings is 1. The van der Waals surface area contributed by atoms with Crippen LogP contribution in [0, 0.1) is 0 Å². The Morgan fingerprint density at radius 1 is 1.64 bits per heavy atom. The molecule has 1 fully saturated rings. The minimum Gasteiger partial charge on any atom is -0.337 e. The second kappa shape index (κ2) is 3.38. The first-order valence-corrected chi connectivity index (χ1v) is 4.62. The van der Waals surface area contributed by atoms with Crippen LogP contribution < -0.4 is 5.73 Å². The van der Waals surface area contributed by atoms with Crippen LogP contribution in [0.3, 0.4) is 0 Å². The zero-order valence-corrected chi connectivity index (χ0v) is 8.05. The predicted molar refractivity (Wildman–Crippen MR) is 52.3 cm³/mol. The summed E-state index contributed by atoms with van der Waals surface area (Å²) >= 11 is 0. The Morgan fingerprint density at radius 2 is 2.43 bits per heavy atom. The molecule has 0 saturated carbocycles. The molecule has 0 bridgehead atoms. The zero-order valence-electron chi connectivity index (χ0n) is 8.05. The molecule has 2 atom stereocenters. The minimum absolute atomic E-state index is 0.0128. The van der Waals surface area contributed by atoms with Crippen LogP contribution in [0.5, 0.6) is 0 Å². The molecule has 14 heavy (non-hydrogen) atoms. The summed E-state index contributed by atoms with van der Waals surface area (Å²) in [6.07, 6.45) is 4.19. The van der Waals surface area contributed by atoms with E-state index in [0.29, 0.717) is 6.42 Å². The van der Waals surface area contributed by atoms with Crippen molar-refractivity contribution in [1.82, 2.24) is 9.88 Å².